The minimum Gasteiger partial charge on any atom is -0.386 e. The van der Waals surface area contributed by atoms with Crippen LogP contribution in [0.15, 0.2) is 47.4 Å². The summed E-state index contributed by atoms with van der Waals surface area (Å²) in [6.45, 7) is 4.85. The number of hydrogen-bond acceptors (Lipinski definition) is 5. The molecule has 2 aromatic carbocycles. The molecule has 0 saturated carbocycles. The average Bonchev–Trinajstić information content (AvgIpc) is 2.72. The van der Waals surface area contributed by atoms with Gasteiger partial charge in [0.25, 0.3) is 0 Å². The fraction of sp³-hybridized carbons (Fsp3) is 0.409. The first-order chi connectivity index (χ1) is 14.7. The Labute approximate surface area is 185 Å². The minimum absolute atomic E-state index is 0.00640. The molecule has 1 fully saturated rings. The van der Waals surface area contributed by atoms with E-state index >= 15 is 0 Å². The average molecular weight is 468 g/mol. The van der Waals surface area contributed by atoms with Gasteiger partial charge in [-0.05, 0) is 56.7 Å². The van der Waals surface area contributed by atoms with Crippen molar-refractivity contribution in [2.24, 2.45) is 0 Å². The summed E-state index contributed by atoms with van der Waals surface area (Å²) in [5.74, 6) is 0. The van der Waals surface area contributed by atoms with Gasteiger partial charge in [-0.2, -0.15) is 22.7 Å². The zero-order chi connectivity index (χ0) is 23.9. The second-order valence-corrected chi connectivity index (χ2v) is 10.2. The molecule has 0 aliphatic carbocycles. The summed E-state index contributed by atoms with van der Waals surface area (Å²) < 4.78 is 68.5. The van der Waals surface area contributed by atoms with Gasteiger partial charge in [0.2, 0.25) is 10.0 Å². The molecule has 1 N–H and O–H groups in total. The molecule has 10 heteroatoms. The summed E-state index contributed by atoms with van der Waals surface area (Å²) in [6.07, 6.45) is -4.65. The van der Waals surface area contributed by atoms with Crippen LogP contribution in [0.25, 0.3) is 0 Å². The Morgan fingerprint density at radius 1 is 1.12 bits per heavy atom. The second-order valence-electron chi connectivity index (χ2n) is 8.34. The molecule has 1 atom stereocenters. The number of aliphatic hydroxyl groups is 1. The van der Waals surface area contributed by atoms with Crippen LogP contribution in [0.4, 0.5) is 18.9 Å². The molecular formula is C22H24F3N3O3S. The Bertz CT molecular complexity index is 1150. The maximum absolute atomic E-state index is 13.6. The predicted molar refractivity (Wildman–Crippen MR) is 113 cm³/mol. The first kappa shape index (κ1) is 24.0. The monoisotopic (exact) mass is 467 g/mol. The number of piperazine rings is 1. The van der Waals surface area contributed by atoms with Gasteiger partial charge in [-0.15, -0.1) is 0 Å². The Balaban J connectivity index is 1.89. The quantitative estimate of drug-likeness (QED) is 0.741. The lowest BCUT2D eigenvalue weighted by atomic mass is 9.99. The van der Waals surface area contributed by atoms with E-state index in [1.54, 1.807) is 39.0 Å². The zero-order valence-electron chi connectivity index (χ0n) is 17.9. The van der Waals surface area contributed by atoms with Crippen molar-refractivity contribution in [3.05, 3.63) is 59.2 Å². The van der Waals surface area contributed by atoms with E-state index in [9.17, 15) is 26.7 Å². The van der Waals surface area contributed by atoms with Gasteiger partial charge >= 0.3 is 6.18 Å². The van der Waals surface area contributed by atoms with Crippen molar-refractivity contribution in [3.63, 3.8) is 0 Å². The van der Waals surface area contributed by atoms with Gasteiger partial charge < -0.3 is 10.0 Å². The Morgan fingerprint density at radius 2 is 1.81 bits per heavy atom. The number of anilines is 1. The van der Waals surface area contributed by atoms with Crippen LogP contribution >= 0.6 is 0 Å². The van der Waals surface area contributed by atoms with E-state index in [-0.39, 0.29) is 35.8 Å². The summed E-state index contributed by atoms with van der Waals surface area (Å²) >= 11 is 0. The molecule has 0 radical (unpaired) electrons. The molecule has 6 nitrogen and oxygen atoms in total. The number of sulfonamides is 1. The lowest BCUT2D eigenvalue weighted by molar-refractivity contribution is -0.137. The second kappa shape index (κ2) is 8.39. The van der Waals surface area contributed by atoms with Gasteiger partial charge in [0.15, 0.2) is 0 Å². The van der Waals surface area contributed by atoms with Crippen molar-refractivity contribution in [2.75, 3.05) is 24.5 Å². The fourth-order valence-electron chi connectivity index (χ4n) is 3.80. The number of rotatable bonds is 4. The first-order valence-electron chi connectivity index (χ1n) is 9.96. The molecule has 0 bridgehead atoms. The Hall–Kier alpha value is -2.61. The van der Waals surface area contributed by atoms with Gasteiger partial charge in [-0.3, -0.25) is 0 Å². The van der Waals surface area contributed by atoms with Crippen LogP contribution in [0.3, 0.4) is 0 Å². The van der Waals surface area contributed by atoms with Gasteiger partial charge in [0.1, 0.15) is 0 Å². The molecule has 1 saturated heterocycles. The third kappa shape index (κ3) is 4.75. The third-order valence-electron chi connectivity index (χ3n) is 5.49. The van der Waals surface area contributed by atoms with Crippen molar-refractivity contribution in [1.82, 2.24) is 4.31 Å². The SMILES string of the molecule is C[C@@H]1CN(c2ccc(C#N)cc2C(F)(F)F)CCN1S(=O)(=O)c1cccc(C(C)(C)O)c1. The molecule has 0 unspecified atom stereocenters. The van der Waals surface area contributed by atoms with E-state index < -0.39 is 33.4 Å². The van der Waals surface area contributed by atoms with Crippen LogP contribution in [0.2, 0.25) is 0 Å². The van der Waals surface area contributed by atoms with Crippen LogP contribution in [0.1, 0.15) is 37.5 Å². The van der Waals surface area contributed by atoms with Crippen molar-refractivity contribution < 1.29 is 26.7 Å². The maximum atomic E-state index is 13.6. The smallest absolute Gasteiger partial charge is 0.386 e. The van der Waals surface area contributed by atoms with E-state index in [2.05, 4.69) is 0 Å². The molecule has 1 aliphatic heterocycles. The minimum atomic E-state index is -4.65. The van der Waals surface area contributed by atoms with Crippen molar-refractivity contribution in [1.29, 1.82) is 5.26 Å². The Morgan fingerprint density at radius 3 is 2.38 bits per heavy atom. The van der Waals surface area contributed by atoms with Crippen LogP contribution in [-0.4, -0.2) is 43.5 Å². The fourth-order valence-corrected chi connectivity index (χ4v) is 5.46. The van der Waals surface area contributed by atoms with Crippen molar-refractivity contribution in [2.45, 2.75) is 43.5 Å². The molecule has 172 valence electrons. The zero-order valence-corrected chi connectivity index (χ0v) is 18.7. The van der Waals surface area contributed by atoms with Gasteiger partial charge in [0, 0.05) is 31.4 Å². The van der Waals surface area contributed by atoms with Crippen molar-refractivity contribution >= 4 is 15.7 Å². The molecule has 0 spiro atoms. The van der Waals surface area contributed by atoms with Crippen LogP contribution in [0.5, 0.6) is 0 Å². The normalized spacial score (nSPS) is 18.4. The summed E-state index contributed by atoms with van der Waals surface area (Å²) in [7, 11) is -3.92. The van der Waals surface area contributed by atoms with E-state index in [4.69, 9.17) is 5.26 Å². The van der Waals surface area contributed by atoms with E-state index in [1.165, 1.54) is 33.5 Å². The summed E-state index contributed by atoms with van der Waals surface area (Å²) in [5.41, 5.74) is -1.87. The number of nitriles is 1. The summed E-state index contributed by atoms with van der Waals surface area (Å²) in [6, 6.07) is 10.5. The number of halogens is 3. The van der Waals surface area contributed by atoms with Gasteiger partial charge in [-0.1, -0.05) is 12.1 Å². The molecule has 0 amide bonds. The highest BCUT2D eigenvalue weighted by Crippen LogP contribution is 2.38. The van der Waals surface area contributed by atoms with Crippen LogP contribution < -0.4 is 4.90 Å². The van der Waals surface area contributed by atoms with Crippen molar-refractivity contribution in [3.8, 4) is 6.07 Å². The number of hydrogen-bond donors (Lipinski definition) is 1. The lowest BCUT2D eigenvalue weighted by Crippen LogP contribution is -2.54. The van der Waals surface area contributed by atoms with Gasteiger partial charge in [0.05, 0.1) is 27.7 Å². The summed E-state index contributed by atoms with van der Waals surface area (Å²) in [5, 5.41) is 19.2. The van der Waals surface area contributed by atoms with E-state index in [0.717, 1.165) is 6.07 Å². The first-order valence-corrected chi connectivity index (χ1v) is 11.4. The lowest BCUT2D eigenvalue weighted by Gasteiger charge is -2.41. The highest BCUT2D eigenvalue weighted by Gasteiger charge is 2.39. The standard InChI is InChI=1S/C22H24F3N3O3S/c1-15-14-27(20-8-7-16(13-26)11-19(20)22(23,24)25)9-10-28(15)32(30,31)18-6-4-5-17(12-18)21(2,3)29/h4-8,11-12,15,29H,9-10,14H2,1-3H3/t15-/m1/s1. The summed E-state index contributed by atoms with van der Waals surface area (Å²) in [4.78, 5) is 1.51. The molecular weight excluding hydrogens is 443 g/mol. The molecule has 32 heavy (non-hydrogen) atoms. The highest BCUT2D eigenvalue weighted by atomic mass is 32.2. The Kier molecular flexibility index (Phi) is 6.30. The molecule has 2 aromatic rings. The molecule has 1 aliphatic rings. The maximum Gasteiger partial charge on any atom is 0.418 e. The topological polar surface area (TPSA) is 84.6 Å². The highest BCUT2D eigenvalue weighted by molar-refractivity contribution is 7.89. The van der Waals surface area contributed by atoms with Gasteiger partial charge in [-0.25, -0.2) is 8.42 Å². The number of benzene rings is 2. The third-order valence-corrected chi connectivity index (χ3v) is 7.49. The number of alkyl halides is 3. The predicted octanol–water partition coefficient (Wildman–Crippen LogP) is 3.70. The largest absolute Gasteiger partial charge is 0.418 e. The van der Waals surface area contributed by atoms with E-state index in [0.29, 0.717) is 5.56 Å². The van der Waals surface area contributed by atoms with Crippen LogP contribution in [-0.2, 0) is 21.8 Å². The van der Waals surface area contributed by atoms with Crippen LogP contribution in [0, 0.1) is 11.3 Å². The molecule has 3 rings (SSSR count). The molecule has 1 heterocycles. The van der Waals surface area contributed by atoms with E-state index in [1.807, 2.05) is 0 Å². The molecule has 0 aromatic heterocycles. The number of nitrogens with zero attached hydrogens (tertiary/aromatic N) is 3.